The summed E-state index contributed by atoms with van der Waals surface area (Å²) in [4.78, 5) is 42.8. The highest BCUT2D eigenvalue weighted by Crippen LogP contribution is 2.40. The molecule has 0 saturated carbocycles. The van der Waals surface area contributed by atoms with E-state index < -0.39 is 12.1 Å². The fraction of sp³-hybridized carbons (Fsp3) is 0.429. The van der Waals surface area contributed by atoms with Gasteiger partial charge in [-0.1, -0.05) is 6.07 Å². The SMILES string of the molecule is O=C(O)C(F)(F)F.O=C(c1cccs1)N1CCC2(CCC(=O)N2Cc2ccncc2)CC1. The molecule has 32 heavy (non-hydrogen) atoms. The van der Waals surface area contributed by atoms with Crippen molar-refractivity contribution in [3.05, 3.63) is 52.5 Å². The molecule has 2 amide bonds. The van der Waals surface area contributed by atoms with Gasteiger partial charge in [-0.15, -0.1) is 11.3 Å². The Morgan fingerprint density at radius 2 is 1.75 bits per heavy atom. The molecule has 2 saturated heterocycles. The van der Waals surface area contributed by atoms with Crippen molar-refractivity contribution in [2.45, 2.75) is 43.9 Å². The standard InChI is InChI=1S/C19H21N3O2S.C2HF3O2/c23-17-3-6-19(22(17)14-15-4-9-20-10-5-15)7-11-21(12-8-19)18(24)16-2-1-13-25-16;3-2(4,5)1(6)7/h1-2,4-5,9-10,13H,3,6-8,11-12,14H2;(H,6,7). The summed E-state index contributed by atoms with van der Waals surface area (Å²) < 4.78 is 31.7. The molecular weight excluding hydrogens is 447 g/mol. The van der Waals surface area contributed by atoms with Gasteiger partial charge in [-0.05, 0) is 48.4 Å². The number of pyridine rings is 1. The zero-order valence-electron chi connectivity index (χ0n) is 17.0. The molecule has 7 nitrogen and oxygen atoms in total. The van der Waals surface area contributed by atoms with Crippen LogP contribution in [0.1, 0.15) is 40.9 Å². The monoisotopic (exact) mass is 469 g/mol. The third-order valence-electron chi connectivity index (χ3n) is 5.72. The molecule has 2 aromatic heterocycles. The maximum atomic E-state index is 12.5. The Hall–Kier alpha value is -2.95. The largest absolute Gasteiger partial charge is 0.490 e. The van der Waals surface area contributed by atoms with Crippen LogP contribution < -0.4 is 0 Å². The summed E-state index contributed by atoms with van der Waals surface area (Å²) in [6, 6.07) is 7.73. The van der Waals surface area contributed by atoms with E-state index in [1.54, 1.807) is 12.4 Å². The van der Waals surface area contributed by atoms with E-state index in [0.717, 1.165) is 42.8 Å². The summed E-state index contributed by atoms with van der Waals surface area (Å²) in [7, 11) is 0. The molecule has 1 spiro atoms. The molecule has 1 N–H and O–H groups in total. The Morgan fingerprint density at radius 3 is 2.28 bits per heavy atom. The average Bonchev–Trinajstić information content (AvgIpc) is 3.40. The summed E-state index contributed by atoms with van der Waals surface area (Å²) in [6.07, 6.45) is 1.69. The lowest BCUT2D eigenvalue weighted by atomic mass is 9.84. The maximum absolute atomic E-state index is 12.5. The van der Waals surface area contributed by atoms with Crippen molar-refractivity contribution in [3.63, 3.8) is 0 Å². The van der Waals surface area contributed by atoms with Crippen LogP contribution in [0, 0.1) is 0 Å². The van der Waals surface area contributed by atoms with Gasteiger partial charge in [0.2, 0.25) is 5.91 Å². The number of carbonyl (C=O) groups excluding carboxylic acids is 2. The van der Waals surface area contributed by atoms with Crippen LogP contribution in [0.3, 0.4) is 0 Å². The van der Waals surface area contributed by atoms with Gasteiger partial charge in [-0.2, -0.15) is 13.2 Å². The van der Waals surface area contributed by atoms with Gasteiger partial charge in [-0.25, -0.2) is 4.79 Å². The van der Waals surface area contributed by atoms with E-state index in [4.69, 9.17) is 9.90 Å². The molecule has 0 unspecified atom stereocenters. The molecule has 2 aromatic rings. The van der Waals surface area contributed by atoms with E-state index in [2.05, 4.69) is 9.88 Å². The van der Waals surface area contributed by atoms with Crippen molar-refractivity contribution in [1.82, 2.24) is 14.8 Å². The predicted octanol–water partition coefficient (Wildman–Crippen LogP) is 3.57. The zero-order valence-corrected chi connectivity index (χ0v) is 17.9. The number of amides is 2. The fourth-order valence-corrected chi connectivity index (χ4v) is 4.69. The first-order valence-electron chi connectivity index (χ1n) is 9.95. The van der Waals surface area contributed by atoms with Gasteiger partial charge in [0.1, 0.15) is 0 Å². The number of nitrogens with zero attached hydrogens (tertiary/aromatic N) is 3. The summed E-state index contributed by atoms with van der Waals surface area (Å²) in [5, 5.41) is 9.06. The number of carbonyl (C=O) groups is 3. The minimum Gasteiger partial charge on any atom is -0.475 e. The lowest BCUT2D eigenvalue weighted by Gasteiger charge is -2.45. The molecule has 0 radical (unpaired) electrons. The smallest absolute Gasteiger partial charge is 0.475 e. The van der Waals surface area contributed by atoms with Crippen molar-refractivity contribution in [2.75, 3.05) is 13.1 Å². The third kappa shape index (κ3) is 5.45. The van der Waals surface area contributed by atoms with Gasteiger partial charge in [0.05, 0.1) is 4.88 Å². The second-order valence-electron chi connectivity index (χ2n) is 7.63. The van der Waals surface area contributed by atoms with Crippen LogP contribution >= 0.6 is 11.3 Å². The number of halogens is 3. The molecule has 0 aliphatic carbocycles. The molecule has 2 aliphatic rings. The normalized spacial score (nSPS) is 17.8. The number of piperidine rings is 1. The molecule has 2 aliphatic heterocycles. The number of carboxylic acid groups (broad SMARTS) is 1. The third-order valence-corrected chi connectivity index (χ3v) is 6.58. The Bertz CT molecular complexity index is 943. The lowest BCUT2D eigenvalue weighted by Crippen LogP contribution is -2.53. The number of hydrogen-bond donors (Lipinski definition) is 1. The summed E-state index contributed by atoms with van der Waals surface area (Å²) in [6.45, 7) is 2.08. The number of hydrogen-bond acceptors (Lipinski definition) is 5. The molecule has 2 fully saturated rings. The topological polar surface area (TPSA) is 90.8 Å². The number of aliphatic carboxylic acids is 1. The Labute approximate surface area is 186 Å². The van der Waals surface area contributed by atoms with Gasteiger partial charge in [0.25, 0.3) is 5.91 Å². The van der Waals surface area contributed by atoms with Gasteiger partial charge >= 0.3 is 12.1 Å². The van der Waals surface area contributed by atoms with Crippen molar-refractivity contribution in [3.8, 4) is 0 Å². The summed E-state index contributed by atoms with van der Waals surface area (Å²) >= 11 is 1.49. The van der Waals surface area contributed by atoms with Crippen molar-refractivity contribution in [1.29, 1.82) is 0 Å². The van der Waals surface area contributed by atoms with Gasteiger partial charge in [0.15, 0.2) is 0 Å². The van der Waals surface area contributed by atoms with E-state index in [0.29, 0.717) is 13.0 Å². The minimum atomic E-state index is -5.08. The second kappa shape index (κ2) is 9.68. The summed E-state index contributed by atoms with van der Waals surface area (Å²) in [5.41, 5.74) is 1.02. The number of carboxylic acids is 1. The van der Waals surface area contributed by atoms with Gasteiger partial charge in [-0.3, -0.25) is 14.6 Å². The number of rotatable bonds is 3. The molecule has 172 valence electrons. The predicted molar refractivity (Wildman–Crippen MR) is 110 cm³/mol. The fourth-order valence-electron chi connectivity index (χ4n) is 4.00. The summed E-state index contributed by atoms with van der Waals surface area (Å²) in [5.74, 6) is -2.41. The van der Waals surface area contributed by atoms with Gasteiger partial charge < -0.3 is 14.9 Å². The Kier molecular flexibility index (Phi) is 7.17. The first kappa shape index (κ1) is 23.7. The van der Waals surface area contributed by atoms with Crippen LogP contribution in [0.2, 0.25) is 0 Å². The zero-order chi connectivity index (χ0) is 23.4. The first-order valence-corrected chi connectivity index (χ1v) is 10.8. The van der Waals surface area contributed by atoms with Crippen LogP contribution in [0.15, 0.2) is 42.0 Å². The van der Waals surface area contributed by atoms with E-state index in [-0.39, 0.29) is 17.4 Å². The molecule has 0 bridgehead atoms. The van der Waals surface area contributed by atoms with Crippen LogP contribution in [0.25, 0.3) is 0 Å². The highest BCUT2D eigenvalue weighted by molar-refractivity contribution is 7.12. The number of likely N-dealkylation sites (tertiary alicyclic amines) is 2. The van der Waals surface area contributed by atoms with Crippen molar-refractivity contribution in [2.24, 2.45) is 0 Å². The van der Waals surface area contributed by atoms with Gasteiger partial charge in [0, 0.05) is 44.0 Å². The molecular formula is C21H22F3N3O4S. The quantitative estimate of drug-likeness (QED) is 0.742. The number of aromatic nitrogens is 1. The van der Waals surface area contributed by atoms with Crippen LogP contribution in [-0.4, -0.2) is 62.5 Å². The second-order valence-corrected chi connectivity index (χ2v) is 8.58. The first-order chi connectivity index (χ1) is 15.1. The maximum Gasteiger partial charge on any atom is 0.490 e. The van der Waals surface area contributed by atoms with E-state index in [9.17, 15) is 22.8 Å². The molecule has 4 heterocycles. The van der Waals surface area contributed by atoms with Crippen LogP contribution in [0.4, 0.5) is 13.2 Å². The van der Waals surface area contributed by atoms with Crippen molar-refractivity contribution >= 4 is 29.1 Å². The molecule has 11 heteroatoms. The van der Waals surface area contributed by atoms with E-state index in [1.165, 1.54) is 11.3 Å². The highest BCUT2D eigenvalue weighted by Gasteiger charge is 2.47. The lowest BCUT2D eigenvalue weighted by molar-refractivity contribution is -0.192. The average molecular weight is 469 g/mol. The molecule has 0 aromatic carbocycles. The Balaban J connectivity index is 0.000000360. The highest BCUT2D eigenvalue weighted by atomic mass is 32.1. The van der Waals surface area contributed by atoms with E-state index in [1.807, 2.05) is 34.5 Å². The Morgan fingerprint density at radius 1 is 1.12 bits per heavy atom. The van der Waals surface area contributed by atoms with Crippen molar-refractivity contribution < 1.29 is 32.7 Å². The number of alkyl halides is 3. The molecule has 0 atom stereocenters. The number of thiophene rings is 1. The molecule has 4 rings (SSSR count). The minimum absolute atomic E-state index is 0.0907. The van der Waals surface area contributed by atoms with E-state index >= 15 is 0 Å². The van der Waals surface area contributed by atoms with Crippen LogP contribution in [-0.2, 0) is 16.1 Å². The van der Waals surface area contributed by atoms with Crippen LogP contribution in [0.5, 0.6) is 0 Å².